The van der Waals surface area contributed by atoms with Gasteiger partial charge in [-0.1, -0.05) is 0 Å². The Kier molecular flexibility index (Phi) is 5.58. The Morgan fingerprint density at radius 2 is 2.17 bits per heavy atom. The molecule has 1 rings (SSSR count). The molecule has 102 valence electrons. The number of halogens is 1. The summed E-state index contributed by atoms with van der Waals surface area (Å²) in [6.45, 7) is 1.97. The zero-order chi connectivity index (χ0) is 13.8. The molecular weight excluding hydrogens is 320 g/mol. The van der Waals surface area contributed by atoms with E-state index in [1.54, 1.807) is 13.0 Å². The fourth-order valence-corrected chi connectivity index (χ4v) is 3.58. The van der Waals surface area contributed by atoms with Crippen LogP contribution in [0.4, 0.5) is 5.69 Å². The molecule has 0 fully saturated rings. The minimum Gasteiger partial charge on any atom is -0.399 e. The van der Waals surface area contributed by atoms with Crippen molar-refractivity contribution in [3.05, 3.63) is 22.7 Å². The SMILES string of the molecule is CC(O)CCCNS(=O)(=O)c1ccc(N)cc1Br. The van der Waals surface area contributed by atoms with E-state index in [0.29, 0.717) is 29.5 Å². The van der Waals surface area contributed by atoms with Gasteiger partial charge in [-0.2, -0.15) is 0 Å². The lowest BCUT2D eigenvalue weighted by Crippen LogP contribution is -2.25. The third kappa shape index (κ3) is 4.56. The number of aliphatic hydroxyl groups is 1. The lowest BCUT2D eigenvalue weighted by atomic mass is 10.2. The molecule has 5 nitrogen and oxygen atoms in total. The molecular formula is C11H17BrN2O3S. The quantitative estimate of drug-likeness (QED) is 0.541. The number of aliphatic hydroxyl groups excluding tert-OH is 1. The zero-order valence-corrected chi connectivity index (χ0v) is 12.5. The fraction of sp³-hybridized carbons (Fsp3) is 0.455. The van der Waals surface area contributed by atoms with E-state index >= 15 is 0 Å². The number of benzene rings is 1. The van der Waals surface area contributed by atoms with E-state index in [1.807, 2.05) is 0 Å². The smallest absolute Gasteiger partial charge is 0.241 e. The van der Waals surface area contributed by atoms with Crippen LogP contribution in [0, 0.1) is 0 Å². The van der Waals surface area contributed by atoms with Gasteiger partial charge in [-0.05, 0) is 53.9 Å². The molecule has 0 radical (unpaired) electrons. The number of nitrogens with two attached hydrogens (primary N) is 1. The molecule has 0 saturated heterocycles. The maximum Gasteiger partial charge on any atom is 0.241 e. The first kappa shape index (κ1) is 15.4. The number of rotatable bonds is 6. The Bertz CT molecular complexity index is 503. The summed E-state index contributed by atoms with van der Waals surface area (Å²) >= 11 is 3.18. The zero-order valence-electron chi connectivity index (χ0n) is 10.1. The van der Waals surface area contributed by atoms with Gasteiger partial charge in [0.1, 0.15) is 0 Å². The standard InChI is InChI=1S/C11H17BrN2O3S/c1-8(15)3-2-6-14-18(16,17)11-5-4-9(13)7-10(11)12/h4-5,7-8,14-15H,2-3,6,13H2,1H3. The summed E-state index contributed by atoms with van der Waals surface area (Å²) < 4.78 is 26.8. The molecule has 7 heteroatoms. The minimum absolute atomic E-state index is 0.161. The molecule has 1 unspecified atom stereocenters. The highest BCUT2D eigenvalue weighted by Gasteiger charge is 2.16. The summed E-state index contributed by atoms with van der Waals surface area (Å²) in [7, 11) is -3.54. The van der Waals surface area contributed by atoms with Crippen molar-refractivity contribution in [3.63, 3.8) is 0 Å². The predicted molar refractivity (Wildman–Crippen MR) is 74.7 cm³/mol. The van der Waals surface area contributed by atoms with E-state index in [1.165, 1.54) is 12.1 Å². The maximum absolute atomic E-state index is 12.0. The summed E-state index contributed by atoms with van der Waals surface area (Å²) in [5.41, 5.74) is 6.05. The Morgan fingerprint density at radius 3 is 2.72 bits per heavy atom. The van der Waals surface area contributed by atoms with Gasteiger partial charge in [0, 0.05) is 16.7 Å². The van der Waals surface area contributed by atoms with Crippen molar-refractivity contribution >= 4 is 31.6 Å². The van der Waals surface area contributed by atoms with Gasteiger partial charge in [-0.3, -0.25) is 0 Å². The van der Waals surface area contributed by atoms with Crippen LogP contribution in [-0.2, 0) is 10.0 Å². The van der Waals surface area contributed by atoms with Gasteiger partial charge in [0.05, 0.1) is 11.0 Å². The van der Waals surface area contributed by atoms with Gasteiger partial charge in [0.2, 0.25) is 10.0 Å². The highest BCUT2D eigenvalue weighted by atomic mass is 79.9. The molecule has 18 heavy (non-hydrogen) atoms. The van der Waals surface area contributed by atoms with Crippen LogP contribution in [0.5, 0.6) is 0 Å². The molecule has 0 aliphatic rings. The lowest BCUT2D eigenvalue weighted by Gasteiger charge is -2.09. The molecule has 1 aromatic carbocycles. The Morgan fingerprint density at radius 1 is 1.50 bits per heavy atom. The topological polar surface area (TPSA) is 92.4 Å². The summed E-state index contributed by atoms with van der Waals surface area (Å²) in [5.74, 6) is 0. The third-order valence-corrected chi connectivity index (χ3v) is 4.77. The lowest BCUT2D eigenvalue weighted by molar-refractivity contribution is 0.182. The van der Waals surface area contributed by atoms with Crippen LogP contribution < -0.4 is 10.5 Å². The monoisotopic (exact) mass is 336 g/mol. The van der Waals surface area contributed by atoms with Crippen LogP contribution in [0.15, 0.2) is 27.6 Å². The van der Waals surface area contributed by atoms with E-state index in [9.17, 15) is 8.42 Å². The number of nitrogens with one attached hydrogen (secondary N) is 1. The van der Waals surface area contributed by atoms with Crippen molar-refractivity contribution in [1.82, 2.24) is 4.72 Å². The highest BCUT2D eigenvalue weighted by molar-refractivity contribution is 9.10. The largest absolute Gasteiger partial charge is 0.399 e. The van der Waals surface area contributed by atoms with E-state index in [2.05, 4.69) is 20.7 Å². The van der Waals surface area contributed by atoms with Crippen molar-refractivity contribution < 1.29 is 13.5 Å². The first-order valence-electron chi connectivity index (χ1n) is 5.55. The first-order valence-corrected chi connectivity index (χ1v) is 7.83. The second-order valence-corrected chi connectivity index (χ2v) is 6.67. The van der Waals surface area contributed by atoms with E-state index in [0.717, 1.165) is 0 Å². The van der Waals surface area contributed by atoms with E-state index < -0.39 is 16.1 Å². The van der Waals surface area contributed by atoms with Crippen LogP contribution in [0.25, 0.3) is 0 Å². The van der Waals surface area contributed by atoms with Gasteiger partial charge < -0.3 is 10.8 Å². The Labute approximate surface area is 116 Å². The van der Waals surface area contributed by atoms with Crippen molar-refractivity contribution in [2.75, 3.05) is 12.3 Å². The molecule has 1 aromatic rings. The molecule has 1 atom stereocenters. The summed E-state index contributed by atoms with van der Waals surface area (Å²) in [4.78, 5) is 0.161. The second kappa shape index (κ2) is 6.51. The van der Waals surface area contributed by atoms with Crippen molar-refractivity contribution in [3.8, 4) is 0 Å². The van der Waals surface area contributed by atoms with Crippen molar-refractivity contribution in [1.29, 1.82) is 0 Å². The molecule has 0 heterocycles. The molecule has 0 amide bonds. The van der Waals surface area contributed by atoms with Crippen LogP contribution in [0.2, 0.25) is 0 Å². The highest BCUT2D eigenvalue weighted by Crippen LogP contribution is 2.23. The molecule has 0 aliphatic carbocycles. The summed E-state index contributed by atoms with van der Waals surface area (Å²) in [5, 5.41) is 9.07. The molecule has 0 aliphatic heterocycles. The molecule has 0 aromatic heterocycles. The predicted octanol–water partition coefficient (Wildman–Crippen LogP) is 1.47. The number of nitrogen functional groups attached to an aromatic ring is 1. The van der Waals surface area contributed by atoms with Crippen LogP contribution in [-0.4, -0.2) is 26.2 Å². The van der Waals surface area contributed by atoms with Gasteiger partial charge >= 0.3 is 0 Å². The average Bonchev–Trinajstić information content (AvgIpc) is 2.23. The minimum atomic E-state index is -3.54. The number of hydrogen-bond donors (Lipinski definition) is 3. The van der Waals surface area contributed by atoms with E-state index in [4.69, 9.17) is 10.8 Å². The summed E-state index contributed by atoms with van der Waals surface area (Å²) in [6.07, 6.45) is 0.729. The normalized spacial score (nSPS) is 13.5. The molecule has 0 saturated carbocycles. The van der Waals surface area contributed by atoms with Gasteiger partial charge in [-0.25, -0.2) is 13.1 Å². The van der Waals surface area contributed by atoms with E-state index in [-0.39, 0.29) is 4.90 Å². The Hall–Kier alpha value is -0.630. The second-order valence-electron chi connectivity index (χ2n) is 4.08. The average molecular weight is 337 g/mol. The van der Waals surface area contributed by atoms with Crippen LogP contribution >= 0.6 is 15.9 Å². The third-order valence-electron chi connectivity index (χ3n) is 2.34. The molecule has 4 N–H and O–H groups in total. The van der Waals surface area contributed by atoms with Crippen LogP contribution in [0.3, 0.4) is 0 Å². The van der Waals surface area contributed by atoms with Crippen molar-refractivity contribution in [2.45, 2.75) is 30.8 Å². The fourth-order valence-electron chi connectivity index (χ4n) is 1.42. The molecule has 0 spiro atoms. The number of anilines is 1. The van der Waals surface area contributed by atoms with Crippen LogP contribution in [0.1, 0.15) is 19.8 Å². The number of sulfonamides is 1. The summed E-state index contributed by atoms with van der Waals surface area (Å²) in [6, 6.07) is 4.54. The first-order chi connectivity index (χ1) is 8.33. The van der Waals surface area contributed by atoms with Gasteiger partial charge in [0.25, 0.3) is 0 Å². The number of hydrogen-bond acceptors (Lipinski definition) is 4. The van der Waals surface area contributed by atoms with Gasteiger partial charge in [0.15, 0.2) is 0 Å². The molecule has 0 bridgehead atoms. The maximum atomic E-state index is 12.0. The van der Waals surface area contributed by atoms with Gasteiger partial charge in [-0.15, -0.1) is 0 Å². The van der Waals surface area contributed by atoms with Crippen molar-refractivity contribution in [2.24, 2.45) is 0 Å². The Balaban J connectivity index is 2.69.